The molecular formula is C7HBr2ClF2O. The Morgan fingerprint density at radius 3 is 2.38 bits per heavy atom. The van der Waals surface area contributed by atoms with E-state index in [1.54, 1.807) is 0 Å². The quantitative estimate of drug-likeness (QED) is 0.433. The van der Waals surface area contributed by atoms with Crippen LogP contribution in [0.5, 0.6) is 0 Å². The van der Waals surface area contributed by atoms with E-state index in [1.165, 1.54) is 0 Å². The summed E-state index contributed by atoms with van der Waals surface area (Å²) in [4.78, 5) is 10.8. The van der Waals surface area contributed by atoms with Crippen LogP contribution in [-0.4, -0.2) is 5.24 Å². The Kier molecular flexibility index (Phi) is 3.43. The molecule has 0 N–H and O–H groups in total. The molecule has 0 saturated carbocycles. The first-order valence-corrected chi connectivity index (χ1v) is 4.94. The Morgan fingerprint density at radius 1 is 1.38 bits per heavy atom. The van der Waals surface area contributed by atoms with Crippen molar-refractivity contribution < 1.29 is 13.6 Å². The predicted molar refractivity (Wildman–Crippen MR) is 51.9 cm³/mol. The van der Waals surface area contributed by atoms with Gasteiger partial charge in [-0.15, -0.1) is 0 Å². The van der Waals surface area contributed by atoms with Crippen LogP contribution in [0.15, 0.2) is 15.0 Å². The molecule has 0 atom stereocenters. The van der Waals surface area contributed by atoms with Crippen molar-refractivity contribution in [3.8, 4) is 0 Å². The van der Waals surface area contributed by atoms with Gasteiger partial charge in [0.25, 0.3) is 5.24 Å². The van der Waals surface area contributed by atoms with Crippen LogP contribution in [0.2, 0.25) is 0 Å². The Hall–Kier alpha value is -0.000000000000000111. The van der Waals surface area contributed by atoms with E-state index in [9.17, 15) is 13.6 Å². The normalized spacial score (nSPS) is 10.2. The van der Waals surface area contributed by atoms with Crippen LogP contribution < -0.4 is 0 Å². The van der Waals surface area contributed by atoms with E-state index in [0.29, 0.717) is 0 Å². The maximum atomic E-state index is 12.9. The van der Waals surface area contributed by atoms with Crippen molar-refractivity contribution >= 4 is 48.7 Å². The first-order chi connectivity index (χ1) is 5.95. The van der Waals surface area contributed by atoms with E-state index < -0.39 is 16.9 Å². The van der Waals surface area contributed by atoms with Crippen LogP contribution in [0.1, 0.15) is 10.4 Å². The molecule has 0 aliphatic carbocycles. The minimum absolute atomic E-state index is 0.110. The molecule has 0 amide bonds. The predicted octanol–water partition coefficient (Wildman–Crippen LogP) is 3.87. The Bertz CT molecular complexity index is 381. The van der Waals surface area contributed by atoms with Gasteiger partial charge in [-0.05, 0) is 49.5 Å². The van der Waals surface area contributed by atoms with Gasteiger partial charge in [0.2, 0.25) is 0 Å². The molecule has 1 rings (SSSR count). The molecular weight excluding hydrogens is 333 g/mol. The monoisotopic (exact) mass is 332 g/mol. The van der Waals surface area contributed by atoms with Crippen molar-refractivity contribution in [1.29, 1.82) is 0 Å². The van der Waals surface area contributed by atoms with Crippen LogP contribution in [0.25, 0.3) is 0 Å². The lowest BCUT2D eigenvalue weighted by Crippen LogP contribution is -1.98. The summed E-state index contributed by atoms with van der Waals surface area (Å²) in [5.74, 6) is -2.19. The van der Waals surface area contributed by atoms with Gasteiger partial charge in [0.05, 0.1) is 10.0 Å². The summed E-state index contributed by atoms with van der Waals surface area (Å²) in [6.45, 7) is 0. The first kappa shape index (κ1) is 11.1. The summed E-state index contributed by atoms with van der Waals surface area (Å²) in [7, 11) is 0. The van der Waals surface area contributed by atoms with E-state index in [0.717, 1.165) is 6.07 Å². The maximum Gasteiger partial charge on any atom is 0.254 e. The summed E-state index contributed by atoms with van der Waals surface area (Å²) in [6.07, 6.45) is 0. The molecule has 0 spiro atoms. The van der Waals surface area contributed by atoms with Crippen LogP contribution in [-0.2, 0) is 0 Å². The molecule has 13 heavy (non-hydrogen) atoms. The standard InChI is InChI=1S/C7HBr2ClF2O/c8-2-1-3(11)6(12)5(9)4(2)7(10)13/h1H. The summed E-state index contributed by atoms with van der Waals surface area (Å²) in [5, 5.41) is -0.863. The van der Waals surface area contributed by atoms with Crippen molar-refractivity contribution in [2.45, 2.75) is 0 Å². The lowest BCUT2D eigenvalue weighted by molar-refractivity contribution is 0.107. The zero-order valence-electron chi connectivity index (χ0n) is 5.88. The van der Waals surface area contributed by atoms with Gasteiger partial charge >= 0.3 is 0 Å². The van der Waals surface area contributed by atoms with Crippen molar-refractivity contribution in [2.75, 3.05) is 0 Å². The summed E-state index contributed by atoms with van der Waals surface area (Å²) < 4.78 is 25.4. The zero-order chi connectivity index (χ0) is 10.2. The second-order valence-corrected chi connectivity index (χ2v) is 4.11. The SMILES string of the molecule is O=C(Cl)c1c(Br)cc(F)c(F)c1Br. The third-order valence-electron chi connectivity index (χ3n) is 1.31. The minimum atomic E-state index is -1.13. The lowest BCUT2D eigenvalue weighted by atomic mass is 10.2. The largest absolute Gasteiger partial charge is 0.276 e. The van der Waals surface area contributed by atoms with Crippen LogP contribution in [0.4, 0.5) is 8.78 Å². The molecule has 0 aromatic heterocycles. The van der Waals surface area contributed by atoms with Gasteiger partial charge < -0.3 is 0 Å². The molecule has 0 bridgehead atoms. The second kappa shape index (κ2) is 4.02. The highest BCUT2D eigenvalue weighted by molar-refractivity contribution is 9.11. The molecule has 6 heteroatoms. The molecule has 0 aliphatic heterocycles. The van der Waals surface area contributed by atoms with Gasteiger partial charge in [0.15, 0.2) is 11.6 Å². The topological polar surface area (TPSA) is 17.1 Å². The van der Waals surface area contributed by atoms with Gasteiger partial charge in [-0.25, -0.2) is 8.78 Å². The molecule has 0 heterocycles. The van der Waals surface area contributed by atoms with Gasteiger partial charge in [-0.3, -0.25) is 4.79 Å². The lowest BCUT2D eigenvalue weighted by Gasteiger charge is -2.03. The number of rotatable bonds is 1. The first-order valence-electron chi connectivity index (χ1n) is 2.98. The van der Waals surface area contributed by atoms with Gasteiger partial charge in [0.1, 0.15) is 0 Å². The Balaban J connectivity index is 3.53. The highest BCUT2D eigenvalue weighted by atomic mass is 79.9. The second-order valence-electron chi connectivity index (χ2n) is 2.12. The Morgan fingerprint density at radius 2 is 1.92 bits per heavy atom. The molecule has 1 aromatic carbocycles. The Labute approximate surface area is 94.3 Å². The summed E-state index contributed by atoms with van der Waals surface area (Å²) >= 11 is 10.8. The fourth-order valence-electron chi connectivity index (χ4n) is 0.746. The number of halogens is 5. The van der Waals surface area contributed by atoms with Crippen molar-refractivity contribution in [1.82, 2.24) is 0 Å². The molecule has 0 radical (unpaired) electrons. The molecule has 1 nitrogen and oxygen atoms in total. The van der Waals surface area contributed by atoms with Crippen molar-refractivity contribution in [2.24, 2.45) is 0 Å². The number of hydrogen-bond acceptors (Lipinski definition) is 1. The minimum Gasteiger partial charge on any atom is -0.276 e. The number of carbonyl (C=O) groups excluding carboxylic acids is 1. The van der Waals surface area contributed by atoms with Crippen molar-refractivity contribution in [3.05, 3.63) is 32.2 Å². The smallest absolute Gasteiger partial charge is 0.254 e. The molecule has 0 fully saturated rings. The molecule has 0 unspecified atom stereocenters. The third-order valence-corrected chi connectivity index (χ3v) is 2.87. The zero-order valence-corrected chi connectivity index (χ0v) is 9.80. The van der Waals surface area contributed by atoms with Crippen LogP contribution in [0.3, 0.4) is 0 Å². The fourth-order valence-corrected chi connectivity index (χ4v) is 2.60. The number of carbonyl (C=O) groups is 1. The number of benzene rings is 1. The molecule has 1 aromatic rings. The third kappa shape index (κ3) is 2.08. The fraction of sp³-hybridized carbons (Fsp3) is 0. The average Bonchev–Trinajstić information content (AvgIpc) is 1.99. The molecule has 0 saturated heterocycles. The van der Waals surface area contributed by atoms with E-state index in [-0.39, 0.29) is 14.5 Å². The highest BCUT2D eigenvalue weighted by Crippen LogP contribution is 2.31. The highest BCUT2D eigenvalue weighted by Gasteiger charge is 2.19. The van der Waals surface area contributed by atoms with Crippen LogP contribution >= 0.6 is 43.5 Å². The van der Waals surface area contributed by atoms with E-state index in [2.05, 4.69) is 31.9 Å². The number of hydrogen-bond donors (Lipinski definition) is 0. The summed E-state index contributed by atoms with van der Waals surface area (Å²) in [6, 6.07) is 0.843. The van der Waals surface area contributed by atoms with Crippen LogP contribution in [0, 0.1) is 11.6 Å². The maximum absolute atomic E-state index is 12.9. The average molecular weight is 334 g/mol. The van der Waals surface area contributed by atoms with E-state index in [4.69, 9.17) is 11.6 Å². The molecule has 0 aliphatic rings. The summed E-state index contributed by atoms with van der Waals surface area (Å²) in [5.41, 5.74) is -0.124. The van der Waals surface area contributed by atoms with Gasteiger partial charge in [-0.1, -0.05) is 0 Å². The van der Waals surface area contributed by atoms with E-state index in [1.807, 2.05) is 0 Å². The van der Waals surface area contributed by atoms with E-state index >= 15 is 0 Å². The van der Waals surface area contributed by atoms with Gasteiger partial charge in [0, 0.05) is 4.47 Å². The van der Waals surface area contributed by atoms with Gasteiger partial charge in [-0.2, -0.15) is 0 Å². The van der Waals surface area contributed by atoms with Crippen molar-refractivity contribution in [3.63, 3.8) is 0 Å². The molecule has 70 valence electrons.